The Kier molecular flexibility index (Phi) is 3.51. The molecular formula is C12H18N2O2S. The Bertz CT molecular complexity index is 499. The van der Waals surface area contributed by atoms with E-state index in [9.17, 15) is 8.42 Å². The average Bonchev–Trinajstić information content (AvgIpc) is 3.03. The molecule has 4 nitrogen and oxygen atoms in total. The smallest absolute Gasteiger partial charge is 0.240 e. The van der Waals surface area contributed by atoms with Gasteiger partial charge in [-0.3, -0.25) is 0 Å². The highest BCUT2D eigenvalue weighted by Crippen LogP contribution is 2.37. The molecule has 0 spiro atoms. The second-order valence-electron chi connectivity index (χ2n) is 4.68. The Hall–Kier alpha value is -0.910. The first-order valence-corrected chi connectivity index (χ1v) is 7.30. The molecule has 1 saturated carbocycles. The number of nitrogens with one attached hydrogen (secondary N) is 1. The molecule has 2 unspecified atom stereocenters. The Labute approximate surface area is 102 Å². The van der Waals surface area contributed by atoms with Gasteiger partial charge in [0.1, 0.15) is 0 Å². The van der Waals surface area contributed by atoms with Gasteiger partial charge < -0.3 is 5.73 Å². The lowest BCUT2D eigenvalue weighted by Crippen LogP contribution is -2.26. The largest absolute Gasteiger partial charge is 0.326 e. The van der Waals surface area contributed by atoms with Crippen molar-refractivity contribution in [2.24, 2.45) is 17.6 Å². The van der Waals surface area contributed by atoms with Crippen molar-refractivity contribution in [2.75, 3.05) is 6.54 Å². The molecule has 1 aliphatic carbocycles. The van der Waals surface area contributed by atoms with E-state index in [-0.39, 0.29) is 0 Å². The lowest BCUT2D eigenvalue weighted by molar-refractivity contribution is 0.574. The maximum atomic E-state index is 12.0. The third-order valence-corrected chi connectivity index (χ3v) is 4.68. The van der Waals surface area contributed by atoms with E-state index in [0.29, 0.717) is 29.8 Å². The second kappa shape index (κ2) is 4.76. The van der Waals surface area contributed by atoms with E-state index in [1.54, 1.807) is 18.2 Å². The summed E-state index contributed by atoms with van der Waals surface area (Å²) in [7, 11) is -3.38. The minimum Gasteiger partial charge on any atom is -0.326 e. The van der Waals surface area contributed by atoms with Crippen LogP contribution in [0, 0.1) is 11.8 Å². The van der Waals surface area contributed by atoms with Crippen LogP contribution in [0.3, 0.4) is 0 Å². The lowest BCUT2D eigenvalue weighted by Gasteiger charge is -2.07. The Balaban J connectivity index is 2.07. The quantitative estimate of drug-likeness (QED) is 0.826. The van der Waals surface area contributed by atoms with Crippen LogP contribution in [0.5, 0.6) is 0 Å². The highest BCUT2D eigenvalue weighted by molar-refractivity contribution is 7.89. The summed E-state index contributed by atoms with van der Waals surface area (Å²) < 4.78 is 26.6. The minimum absolute atomic E-state index is 0.300. The van der Waals surface area contributed by atoms with Gasteiger partial charge in [-0.1, -0.05) is 19.1 Å². The number of hydrogen-bond acceptors (Lipinski definition) is 3. The number of benzene rings is 1. The fraction of sp³-hybridized carbons (Fsp3) is 0.500. The molecule has 1 aromatic carbocycles. The van der Waals surface area contributed by atoms with Gasteiger partial charge in [0.25, 0.3) is 0 Å². The summed E-state index contributed by atoms with van der Waals surface area (Å²) in [5.41, 5.74) is 6.32. The van der Waals surface area contributed by atoms with Gasteiger partial charge in [0, 0.05) is 13.1 Å². The Morgan fingerprint density at radius 2 is 2.18 bits per heavy atom. The Morgan fingerprint density at radius 3 is 2.76 bits per heavy atom. The normalized spacial score (nSPS) is 23.6. The molecule has 0 amide bonds. The van der Waals surface area contributed by atoms with Crippen molar-refractivity contribution in [1.82, 2.24) is 4.72 Å². The van der Waals surface area contributed by atoms with Crippen LogP contribution < -0.4 is 10.5 Å². The van der Waals surface area contributed by atoms with E-state index < -0.39 is 10.0 Å². The molecular weight excluding hydrogens is 236 g/mol. The zero-order valence-electron chi connectivity index (χ0n) is 9.89. The van der Waals surface area contributed by atoms with Gasteiger partial charge in [-0.2, -0.15) is 0 Å². The summed E-state index contributed by atoms with van der Waals surface area (Å²) in [5, 5.41) is 0. The first-order chi connectivity index (χ1) is 8.03. The van der Waals surface area contributed by atoms with E-state index in [1.807, 2.05) is 6.07 Å². The minimum atomic E-state index is -3.38. The molecule has 0 radical (unpaired) electrons. The molecule has 1 aromatic rings. The van der Waals surface area contributed by atoms with E-state index >= 15 is 0 Å². The molecule has 1 aliphatic rings. The van der Waals surface area contributed by atoms with E-state index in [0.717, 1.165) is 12.0 Å². The van der Waals surface area contributed by atoms with Gasteiger partial charge in [-0.15, -0.1) is 0 Å². The number of nitrogens with two attached hydrogens (primary N) is 1. The summed E-state index contributed by atoms with van der Waals surface area (Å²) >= 11 is 0. The molecule has 1 fully saturated rings. The van der Waals surface area contributed by atoms with E-state index in [2.05, 4.69) is 11.6 Å². The fourth-order valence-electron chi connectivity index (χ4n) is 1.82. The van der Waals surface area contributed by atoms with Crippen LogP contribution in [0.4, 0.5) is 0 Å². The summed E-state index contributed by atoms with van der Waals surface area (Å²) in [6, 6.07) is 6.76. The van der Waals surface area contributed by atoms with Gasteiger partial charge in [0.2, 0.25) is 10.0 Å². The van der Waals surface area contributed by atoms with E-state index in [1.165, 1.54) is 0 Å². The predicted octanol–water partition coefficient (Wildman–Crippen LogP) is 1.08. The number of sulfonamides is 1. The van der Waals surface area contributed by atoms with Crippen molar-refractivity contribution in [3.8, 4) is 0 Å². The SMILES string of the molecule is CC1CC1CNS(=O)(=O)c1cccc(CN)c1. The summed E-state index contributed by atoms with van der Waals surface area (Å²) in [4.78, 5) is 0.300. The molecule has 94 valence electrons. The van der Waals surface area contributed by atoms with Gasteiger partial charge in [0.05, 0.1) is 4.90 Å². The second-order valence-corrected chi connectivity index (χ2v) is 6.44. The average molecular weight is 254 g/mol. The van der Waals surface area contributed by atoms with Crippen LogP contribution in [0.2, 0.25) is 0 Å². The molecule has 2 rings (SSSR count). The van der Waals surface area contributed by atoms with Crippen molar-refractivity contribution in [1.29, 1.82) is 0 Å². The van der Waals surface area contributed by atoms with Crippen molar-refractivity contribution in [3.63, 3.8) is 0 Å². The molecule has 0 aromatic heterocycles. The monoisotopic (exact) mass is 254 g/mol. The van der Waals surface area contributed by atoms with Crippen molar-refractivity contribution in [3.05, 3.63) is 29.8 Å². The maximum absolute atomic E-state index is 12.0. The molecule has 17 heavy (non-hydrogen) atoms. The highest BCUT2D eigenvalue weighted by Gasteiger charge is 2.33. The van der Waals surface area contributed by atoms with Crippen LogP contribution in [0.1, 0.15) is 18.9 Å². The summed E-state index contributed by atoms with van der Waals surface area (Å²) in [6.07, 6.45) is 1.12. The third-order valence-electron chi connectivity index (χ3n) is 3.26. The van der Waals surface area contributed by atoms with Crippen LogP contribution in [-0.4, -0.2) is 15.0 Å². The predicted molar refractivity (Wildman–Crippen MR) is 66.8 cm³/mol. The molecule has 2 atom stereocenters. The zero-order valence-corrected chi connectivity index (χ0v) is 10.7. The van der Waals surface area contributed by atoms with E-state index in [4.69, 9.17) is 5.73 Å². The van der Waals surface area contributed by atoms with Crippen LogP contribution in [0.25, 0.3) is 0 Å². The standard InChI is InChI=1S/C12H18N2O2S/c1-9-5-11(9)8-14-17(15,16)12-4-2-3-10(6-12)7-13/h2-4,6,9,11,14H,5,7-8,13H2,1H3. The topological polar surface area (TPSA) is 72.2 Å². The fourth-order valence-corrected chi connectivity index (χ4v) is 2.99. The summed E-state index contributed by atoms with van der Waals surface area (Å²) in [6.45, 7) is 3.02. The van der Waals surface area contributed by atoms with Crippen molar-refractivity contribution >= 4 is 10.0 Å². The highest BCUT2D eigenvalue weighted by atomic mass is 32.2. The molecule has 0 saturated heterocycles. The van der Waals surface area contributed by atoms with Crippen LogP contribution in [-0.2, 0) is 16.6 Å². The van der Waals surface area contributed by atoms with Crippen molar-refractivity contribution in [2.45, 2.75) is 24.8 Å². The third kappa shape index (κ3) is 3.06. The van der Waals surface area contributed by atoms with Gasteiger partial charge in [-0.05, 0) is 36.0 Å². The summed E-state index contributed by atoms with van der Waals surface area (Å²) in [5.74, 6) is 1.15. The van der Waals surface area contributed by atoms with Crippen molar-refractivity contribution < 1.29 is 8.42 Å². The maximum Gasteiger partial charge on any atom is 0.240 e. The van der Waals surface area contributed by atoms with Gasteiger partial charge in [0.15, 0.2) is 0 Å². The van der Waals surface area contributed by atoms with Crippen LogP contribution in [0.15, 0.2) is 29.2 Å². The molecule has 3 N–H and O–H groups in total. The van der Waals surface area contributed by atoms with Crippen LogP contribution >= 0.6 is 0 Å². The number of rotatable bonds is 5. The molecule has 0 heterocycles. The first kappa shape index (κ1) is 12.5. The van der Waals surface area contributed by atoms with Gasteiger partial charge in [-0.25, -0.2) is 13.1 Å². The first-order valence-electron chi connectivity index (χ1n) is 5.81. The molecule has 0 aliphatic heterocycles. The zero-order chi connectivity index (χ0) is 12.5. The number of hydrogen-bond donors (Lipinski definition) is 2. The Morgan fingerprint density at radius 1 is 1.47 bits per heavy atom. The lowest BCUT2D eigenvalue weighted by atomic mass is 10.2. The molecule has 0 bridgehead atoms. The van der Waals surface area contributed by atoms with Gasteiger partial charge >= 0.3 is 0 Å². The molecule has 5 heteroatoms.